The maximum atomic E-state index is 5.78. The van der Waals surface area contributed by atoms with Crippen LogP contribution in [0.4, 0.5) is 5.82 Å². The molecule has 0 bridgehead atoms. The molecular formula is C13H9BrN4. The molecular weight excluding hydrogens is 292 g/mol. The Morgan fingerprint density at radius 2 is 1.89 bits per heavy atom. The van der Waals surface area contributed by atoms with Crippen molar-refractivity contribution in [2.45, 2.75) is 0 Å². The molecule has 0 saturated carbocycles. The molecule has 2 aromatic heterocycles. The summed E-state index contributed by atoms with van der Waals surface area (Å²) < 4.78 is 0.694. The number of aromatic nitrogens is 3. The van der Waals surface area contributed by atoms with E-state index in [2.05, 4.69) is 30.9 Å². The van der Waals surface area contributed by atoms with Crippen molar-refractivity contribution >= 4 is 32.7 Å². The van der Waals surface area contributed by atoms with Crippen molar-refractivity contribution in [3.05, 3.63) is 47.2 Å². The first kappa shape index (κ1) is 11.1. The van der Waals surface area contributed by atoms with Crippen LogP contribution in [0.3, 0.4) is 0 Å². The van der Waals surface area contributed by atoms with Gasteiger partial charge in [0.2, 0.25) is 0 Å². The van der Waals surface area contributed by atoms with Crippen molar-refractivity contribution in [3.8, 4) is 11.4 Å². The minimum absolute atomic E-state index is 0.424. The SMILES string of the molecule is Nc1nc(-c2cccc3cccnc23)ncc1Br. The van der Waals surface area contributed by atoms with Gasteiger partial charge in [0.1, 0.15) is 5.82 Å². The van der Waals surface area contributed by atoms with E-state index in [1.165, 1.54) is 0 Å². The quantitative estimate of drug-likeness (QED) is 0.750. The number of halogens is 1. The normalized spacial score (nSPS) is 10.7. The molecule has 0 aliphatic rings. The van der Waals surface area contributed by atoms with E-state index < -0.39 is 0 Å². The molecule has 0 spiro atoms. The summed E-state index contributed by atoms with van der Waals surface area (Å²) in [4.78, 5) is 12.9. The van der Waals surface area contributed by atoms with Crippen molar-refractivity contribution in [3.63, 3.8) is 0 Å². The van der Waals surface area contributed by atoms with Crippen LogP contribution in [-0.4, -0.2) is 15.0 Å². The molecule has 2 heterocycles. The molecule has 88 valence electrons. The molecule has 0 aliphatic heterocycles. The maximum absolute atomic E-state index is 5.78. The van der Waals surface area contributed by atoms with E-state index in [0.717, 1.165) is 16.5 Å². The summed E-state index contributed by atoms with van der Waals surface area (Å²) in [5.41, 5.74) is 7.54. The highest BCUT2D eigenvalue weighted by atomic mass is 79.9. The molecule has 5 heteroatoms. The third kappa shape index (κ3) is 1.82. The number of hydrogen-bond donors (Lipinski definition) is 1. The van der Waals surface area contributed by atoms with Gasteiger partial charge in [-0.15, -0.1) is 0 Å². The number of nitrogens with zero attached hydrogens (tertiary/aromatic N) is 3. The van der Waals surface area contributed by atoms with E-state index >= 15 is 0 Å². The highest BCUT2D eigenvalue weighted by Gasteiger charge is 2.08. The molecule has 0 saturated heterocycles. The molecule has 0 aliphatic carbocycles. The zero-order chi connectivity index (χ0) is 12.5. The van der Waals surface area contributed by atoms with Gasteiger partial charge in [-0.05, 0) is 28.1 Å². The number of anilines is 1. The Morgan fingerprint density at radius 3 is 2.72 bits per heavy atom. The molecule has 0 atom stereocenters. The fourth-order valence-corrected chi connectivity index (χ4v) is 1.99. The van der Waals surface area contributed by atoms with Crippen molar-refractivity contribution in [1.82, 2.24) is 15.0 Å². The summed E-state index contributed by atoms with van der Waals surface area (Å²) in [5, 5.41) is 1.06. The summed E-state index contributed by atoms with van der Waals surface area (Å²) in [7, 11) is 0. The minimum atomic E-state index is 0.424. The van der Waals surface area contributed by atoms with Crippen LogP contribution < -0.4 is 5.73 Å². The van der Waals surface area contributed by atoms with Crippen LogP contribution in [0.25, 0.3) is 22.3 Å². The predicted molar refractivity (Wildman–Crippen MR) is 74.9 cm³/mol. The van der Waals surface area contributed by atoms with E-state index in [1.54, 1.807) is 12.4 Å². The van der Waals surface area contributed by atoms with Gasteiger partial charge in [0, 0.05) is 23.3 Å². The van der Waals surface area contributed by atoms with Crippen molar-refractivity contribution in [2.75, 3.05) is 5.73 Å². The van der Waals surface area contributed by atoms with E-state index in [4.69, 9.17) is 5.73 Å². The van der Waals surface area contributed by atoms with Crippen LogP contribution in [0, 0.1) is 0 Å². The lowest BCUT2D eigenvalue weighted by Crippen LogP contribution is -1.97. The summed E-state index contributed by atoms with van der Waals surface area (Å²) >= 11 is 3.29. The zero-order valence-corrected chi connectivity index (χ0v) is 10.9. The smallest absolute Gasteiger partial charge is 0.163 e. The first-order valence-corrected chi connectivity index (χ1v) is 6.17. The zero-order valence-electron chi connectivity index (χ0n) is 9.34. The molecule has 0 amide bonds. The Bertz CT molecular complexity index is 722. The van der Waals surface area contributed by atoms with Gasteiger partial charge in [-0.1, -0.05) is 18.2 Å². The lowest BCUT2D eigenvalue weighted by atomic mass is 10.1. The van der Waals surface area contributed by atoms with Gasteiger partial charge in [-0.25, -0.2) is 9.97 Å². The average Bonchev–Trinajstić information content (AvgIpc) is 2.41. The Labute approximate surface area is 112 Å². The largest absolute Gasteiger partial charge is 0.383 e. The number of nitrogens with two attached hydrogens (primary N) is 1. The van der Waals surface area contributed by atoms with Crippen molar-refractivity contribution < 1.29 is 0 Å². The Balaban J connectivity index is 2.28. The molecule has 3 rings (SSSR count). The Morgan fingerprint density at radius 1 is 1.06 bits per heavy atom. The highest BCUT2D eigenvalue weighted by molar-refractivity contribution is 9.10. The number of nitrogen functional groups attached to an aromatic ring is 1. The van der Waals surface area contributed by atoms with E-state index in [0.29, 0.717) is 16.1 Å². The highest BCUT2D eigenvalue weighted by Crippen LogP contribution is 2.26. The monoisotopic (exact) mass is 300 g/mol. The fraction of sp³-hybridized carbons (Fsp3) is 0. The summed E-state index contributed by atoms with van der Waals surface area (Å²) in [6.07, 6.45) is 3.41. The lowest BCUT2D eigenvalue weighted by Gasteiger charge is -2.05. The molecule has 0 radical (unpaired) electrons. The van der Waals surface area contributed by atoms with Gasteiger partial charge in [-0.2, -0.15) is 0 Å². The van der Waals surface area contributed by atoms with Gasteiger partial charge in [-0.3, -0.25) is 4.98 Å². The average molecular weight is 301 g/mol. The van der Waals surface area contributed by atoms with Crippen LogP contribution in [0.5, 0.6) is 0 Å². The van der Waals surface area contributed by atoms with Crippen LogP contribution >= 0.6 is 15.9 Å². The van der Waals surface area contributed by atoms with Gasteiger partial charge >= 0.3 is 0 Å². The van der Waals surface area contributed by atoms with Crippen LogP contribution in [-0.2, 0) is 0 Å². The second-order valence-corrected chi connectivity index (χ2v) is 4.66. The molecule has 1 aromatic carbocycles. The third-order valence-corrected chi connectivity index (χ3v) is 3.26. The fourth-order valence-electron chi connectivity index (χ4n) is 1.79. The maximum Gasteiger partial charge on any atom is 0.163 e. The molecule has 2 N–H and O–H groups in total. The topological polar surface area (TPSA) is 64.7 Å². The Hall–Kier alpha value is -2.01. The van der Waals surface area contributed by atoms with Gasteiger partial charge in [0.15, 0.2) is 5.82 Å². The second-order valence-electron chi connectivity index (χ2n) is 3.81. The molecule has 18 heavy (non-hydrogen) atoms. The minimum Gasteiger partial charge on any atom is -0.383 e. The summed E-state index contributed by atoms with van der Waals surface area (Å²) in [6, 6.07) is 9.82. The first-order valence-electron chi connectivity index (χ1n) is 5.38. The number of rotatable bonds is 1. The number of pyridine rings is 1. The summed E-state index contributed by atoms with van der Waals surface area (Å²) in [5.74, 6) is 1.01. The molecule has 4 nitrogen and oxygen atoms in total. The number of benzene rings is 1. The standard InChI is InChI=1S/C13H9BrN4/c14-10-7-17-13(18-12(10)15)9-5-1-3-8-4-2-6-16-11(8)9/h1-7H,(H2,15,17,18). The third-order valence-electron chi connectivity index (χ3n) is 2.64. The van der Waals surface area contributed by atoms with Crippen LogP contribution in [0.1, 0.15) is 0 Å². The van der Waals surface area contributed by atoms with Crippen molar-refractivity contribution in [1.29, 1.82) is 0 Å². The Kier molecular flexibility index (Phi) is 2.68. The van der Waals surface area contributed by atoms with E-state index in [-0.39, 0.29) is 0 Å². The predicted octanol–water partition coefficient (Wildman–Crippen LogP) is 3.04. The number of para-hydroxylation sites is 1. The van der Waals surface area contributed by atoms with Gasteiger partial charge in [0.05, 0.1) is 9.99 Å². The lowest BCUT2D eigenvalue weighted by molar-refractivity contribution is 1.17. The molecule has 0 fully saturated rings. The molecule has 3 aromatic rings. The first-order chi connectivity index (χ1) is 8.75. The van der Waals surface area contributed by atoms with Crippen molar-refractivity contribution in [2.24, 2.45) is 0 Å². The summed E-state index contributed by atoms with van der Waals surface area (Å²) in [6.45, 7) is 0. The van der Waals surface area contributed by atoms with E-state index in [9.17, 15) is 0 Å². The second kappa shape index (κ2) is 4.34. The van der Waals surface area contributed by atoms with E-state index in [1.807, 2.05) is 30.3 Å². The van der Waals surface area contributed by atoms with Gasteiger partial charge < -0.3 is 5.73 Å². The van der Waals surface area contributed by atoms with Crippen LogP contribution in [0.2, 0.25) is 0 Å². The number of hydrogen-bond acceptors (Lipinski definition) is 4. The molecule has 0 unspecified atom stereocenters. The van der Waals surface area contributed by atoms with Crippen LogP contribution in [0.15, 0.2) is 47.2 Å². The number of fused-ring (bicyclic) bond motifs is 1. The van der Waals surface area contributed by atoms with Gasteiger partial charge in [0.25, 0.3) is 0 Å².